The molecule has 2 unspecified atom stereocenters. The highest BCUT2D eigenvalue weighted by Gasteiger charge is 2.36. The van der Waals surface area contributed by atoms with Crippen molar-refractivity contribution in [2.24, 2.45) is 11.8 Å². The van der Waals surface area contributed by atoms with Crippen molar-refractivity contribution in [3.63, 3.8) is 0 Å². The van der Waals surface area contributed by atoms with Gasteiger partial charge < -0.3 is 20.2 Å². The molecule has 23 heavy (non-hydrogen) atoms. The van der Waals surface area contributed by atoms with Gasteiger partial charge in [0.05, 0.1) is 0 Å². The Morgan fingerprint density at radius 1 is 1.39 bits per heavy atom. The highest BCUT2D eigenvalue weighted by molar-refractivity contribution is 5.71. The van der Waals surface area contributed by atoms with Gasteiger partial charge in [0.15, 0.2) is 0 Å². The van der Waals surface area contributed by atoms with Crippen LogP contribution in [0.2, 0.25) is 0 Å². The van der Waals surface area contributed by atoms with E-state index in [1.165, 1.54) is 44.0 Å². The second-order valence-electron chi connectivity index (χ2n) is 6.88. The average Bonchev–Trinajstić information content (AvgIpc) is 2.56. The van der Waals surface area contributed by atoms with Crippen molar-refractivity contribution in [1.82, 2.24) is 4.90 Å². The minimum Gasteiger partial charge on any atom is -0.508 e. The number of carboxylic acids is 1. The van der Waals surface area contributed by atoms with E-state index in [9.17, 15) is 9.90 Å². The fraction of sp³-hybridized carbons (Fsp3) is 0.611. The predicted octanol–water partition coefficient (Wildman–Crippen LogP) is 2.07. The molecule has 1 saturated heterocycles. The largest absolute Gasteiger partial charge is 0.508 e. The maximum Gasteiger partial charge on any atom is 0.332 e. The number of nitrogens with zero attached hydrogens (tertiary/aromatic N) is 1. The molecule has 3 rings (SSSR count). The summed E-state index contributed by atoms with van der Waals surface area (Å²) in [6.45, 7) is 5.99. The zero-order valence-electron chi connectivity index (χ0n) is 14.1. The van der Waals surface area contributed by atoms with Crippen molar-refractivity contribution >= 4 is 5.97 Å². The molecule has 1 aromatic carbocycles. The number of aliphatic hydroxyl groups is 1. The number of aromatic hydroxyl groups is 1. The monoisotopic (exact) mass is 321 g/mol. The standard InChI is InChI=1S/C15H21NO.C3H6O3/c1-10-12-7-11-3-4-13(17)8-15(11)14(10)5-6-16(2)9-12;1-2(4)3(5)6/h3-4,8,10,12,14,17H,5-7,9H2,1-2H3;2,4H,1H3,(H,5,6)/t10-,12?,14-;/m1./s1. The molecule has 1 aliphatic heterocycles. The summed E-state index contributed by atoms with van der Waals surface area (Å²) in [5.41, 5.74) is 2.87. The quantitative estimate of drug-likeness (QED) is 0.738. The first-order valence-electron chi connectivity index (χ1n) is 8.20. The van der Waals surface area contributed by atoms with Gasteiger partial charge in [-0.25, -0.2) is 4.79 Å². The highest BCUT2D eigenvalue weighted by atomic mass is 16.4. The van der Waals surface area contributed by atoms with E-state index in [4.69, 9.17) is 10.2 Å². The third kappa shape index (κ3) is 4.24. The summed E-state index contributed by atoms with van der Waals surface area (Å²) in [5.74, 6) is 1.40. The minimum absolute atomic E-state index is 0.423. The third-order valence-corrected chi connectivity index (χ3v) is 5.11. The molecular weight excluding hydrogens is 294 g/mol. The summed E-state index contributed by atoms with van der Waals surface area (Å²) in [6, 6.07) is 5.96. The van der Waals surface area contributed by atoms with Crippen molar-refractivity contribution in [2.45, 2.75) is 38.7 Å². The molecule has 1 fully saturated rings. The zero-order valence-corrected chi connectivity index (χ0v) is 14.1. The third-order valence-electron chi connectivity index (χ3n) is 5.11. The second kappa shape index (κ2) is 7.32. The number of benzene rings is 1. The van der Waals surface area contributed by atoms with Gasteiger partial charge in [-0.15, -0.1) is 0 Å². The van der Waals surface area contributed by atoms with Gasteiger partial charge in [-0.1, -0.05) is 13.0 Å². The van der Waals surface area contributed by atoms with Crippen LogP contribution in [-0.2, 0) is 11.2 Å². The van der Waals surface area contributed by atoms with Gasteiger partial charge in [0.1, 0.15) is 11.9 Å². The Hall–Kier alpha value is -1.59. The normalized spacial score (nSPS) is 27.9. The zero-order chi connectivity index (χ0) is 17.1. The van der Waals surface area contributed by atoms with Crippen LogP contribution in [0.1, 0.15) is 37.3 Å². The van der Waals surface area contributed by atoms with Crippen molar-refractivity contribution in [1.29, 1.82) is 0 Å². The summed E-state index contributed by atoms with van der Waals surface area (Å²) in [6.07, 6.45) is 1.17. The van der Waals surface area contributed by atoms with Gasteiger partial charge >= 0.3 is 5.97 Å². The van der Waals surface area contributed by atoms with Crippen LogP contribution in [-0.4, -0.2) is 52.4 Å². The molecule has 4 atom stereocenters. The molecule has 3 N–H and O–H groups in total. The van der Waals surface area contributed by atoms with E-state index >= 15 is 0 Å². The number of phenolic OH excluding ortho intramolecular Hbond substituents is 1. The molecule has 0 aromatic heterocycles. The topological polar surface area (TPSA) is 81.0 Å². The molecule has 2 aliphatic rings. The summed E-state index contributed by atoms with van der Waals surface area (Å²) in [7, 11) is 2.23. The van der Waals surface area contributed by atoms with E-state index in [-0.39, 0.29) is 0 Å². The molecule has 1 aliphatic carbocycles. The first-order valence-corrected chi connectivity index (χ1v) is 8.20. The number of likely N-dealkylation sites (tertiary alicyclic amines) is 1. The van der Waals surface area contributed by atoms with Crippen LogP contribution in [0.5, 0.6) is 5.75 Å². The first kappa shape index (κ1) is 17.8. The first-order chi connectivity index (χ1) is 10.8. The Morgan fingerprint density at radius 3 is 2.65 bits per heavy atom. The maximum atomic E-state index is 9.68. The van der Waals surface area contributed by atoms with Crippen LogP contribution in [0.25, 0.3) is 0 Å². The molecule has 1 aromatic rings. The van der Waals surface area contributed by atoms with E-state index in [1.807, 2.05) is 12.1 Å². The molecule has 5 heteroatoms. The van der Waals surface area contributed by atoms with Crippen molar-refractivity contribution < 1.29 is 20.1 Å². The van der Waals surface area contributed by atoms with Crippen LogP contribution in [0.15, 0.2) is 18.2 Å². The number of hydrogen-bond acceptors (Lipinski definition) is 4. The van der Waals surface area contributed by atoms with Gasteiger partial charge in [-0.2, -0.15) is 0 Å². The molecule has 128 valence electrons. The van der Waals surface area contributed by atoms with E-state index in [2.05, 4.69) is 24.9 Å². The SMILES string of the molecule is CC(O)C(=O)O.C[C@@H]1C2Cc3ccc(O)cc3[C@@H]1CCN(C)C2. The fourth-order valence-corrected chi connectivity index (χ4v) is 3.69. The number of aliphatic carboxylic acids is 1. The number of phenols is 1. The van der Waals surface area contributed by atoms with Crippen LogP contribution in [0, 0.1) is 11.8 Å². The molecule has 1 heterocycles. The van der Waals surface area contributed by atoms with E-state index < -0.39 is 12.1 Å². The summed E-state index contributed by atoms with van der Waals surface area (Å²) >= 11 is 0. The Labute approximate surface area is 137 Å². The molecule has 0 spiro atoms. The number of hydrogen-bond donors (Lipinski definition) is 3. The lowest BCUT2D eigenvalue weighted by Gasteiger charge is -2.36. The Morgan fingerprint density at radius 2 is 2.04 bits per heavy atom. The van der Waals surface area contributed by atoms with Crippen LogP contribution < -0.4 is 0 Å². The van der Waals surface area contributed by atoms with Gasteiger partial charge in [0.2, 0.25) is 0 Å². The van der Waals surface area contributed by atoms with Crippen LogP contribution >= 0.6 is 0 Å². The average molecular weight is 321 g/mol. The number of fused-ring (bicyclic) bond motifs is 4. The number of rotatable bonds is 1. The number of aliphatic hydroxyl groups excluding tert-OH is 1. The van der Waals surface area contributed by atoms with Gasteiger partial charge in [0.25, 0.3) is 0 Å². The number of carbonyl (C=O) groups is 1. The van der Waals surface area contributed by atoms with Gasteiger partial charge in [-0.05, 0) is 74.4 Å². The van der Waals surface area contributed by atoms with Crippen LogP contribution in [0.3, 0.4) is 0 Å². The molecule has 0 radical (unpaired) electrons. The second-order valence-corrected chi connectivity index (χ2v) is 6.88. The minimum atomic E-state index is -1.23. The lowest BCUT2D eigenvalue weighted by molar-refractivity contribution is -0.145. The lowest BCUT2D eigenvalue weighted by atomic mass is 9.69. The van der Waals surface area contributed by atoms with E-state index in [0.29, 0.717) is 11.7 Å². The van der Waals surface area contributed by atoms with E-state index in [0.717, 1.165) is 11.8 Å². The molecule has 2 bridgehead atoms. The smallest absolute Gasteiger partial charge is 0.332 e. The summed E-state index contributed by atoms with van der Waals surface area (Å²) < 4.78 is 0. The molecule has 0 saturated carbocycles. The van der Waals surface area contributed by atoms with Crippen molar-refractivity contribution in [2.75, 3.05) is 20.1 Å². The Kier molecular flexibility index (Phi) is 5.65. The number of carboxylic acid groups (broad SMARTS) is 1. The lowest BCUT2D eigenvalue weighted by Crippen LogP contribution is -2.31. The summed E-state index contributed by atoms with van der Waals surface area (Å²) in [5, 5.41) is 25.5. The predicted molar refractivity (Wildman–Crippen MR) is 88.6 cm³/mol. The van der Waals surface area contributed by atoms with Gasteiger partial charge in [0, 0.05) is 6.54 Å². The Bertz CT molecular complexity index is 558. The molecule has 5 nitrogen and oxygen atoms in total. The fourth-order valence-electron chi connectivity index (χ4n) is 3.69. The Balaban J connectivity index is 0.000000277. The van der Waals surface area contributed by atoms with E-state index in [1.54, 1.807) is 0 Å². The summed E-state index contributed by atoms with van der Waals surface area (Å²) in [4.78, 5) is 11.9. The van der Waals surface area contributed by atoms with Crippen LogP contribution in [0.4, 0.5) is 0 Å². The van der Waals surface area contributed by atoms with Gasteiger partial charge in [-0.3, -0.25) is 0 Å². The molecular formula is C18H27NO4. The highest BCUT2D eigenvalue weighted by Crippen LogP contribution is 2.44. The van der Waals surface area contributed by atoms with Crippen molar-refractivity contribution in [3.05, 3.63) is 29.3 Å². The molecule has 0 amide bonds. The maximum absolute atomic E-state index is 9.68. The van der Waals surface area contributed by atoms with Crippen molar-refractivity contribution in [3.8, 4) is 5.75 Å².